The van der Waals surface area contributed by atoms with E-state index in [1.807, 2.05) is 25.1 Å². The van der Waals surface area contributed by atoms with Gasteiger partial charge in [0.2, 0.25) is 0 Å². The molecule has 0 amide bonds. The minimum absolute atomic E-state index is 0.168. The van der Waals surface area contributed by atoms with E-state index >= 15 is 0 Å². The fourth-order valence-corrected chi connectivity index (χ4v) is 4.27. The van der Waals surface area contributed by atoms with E-state index in [-0.39, 0.29) is 4.90 Å². The van der Waals surface area contributed by atoms with Crippen molar-refractivity contribution in [3.63, 3.8) is 0 Å². The zero-order valence-electron chi connectivity index (χ0n) is 16.3. The van der Waals surface area contributed by atoms with E-state index < -0.39 is 10.1 Å². The SMILES string of the molecule is CCC(c1cccc(OS(=O)(=O)c2ccc(C)cc2)c1)C(C)CN(C)C. The molecule has 0 aliphatic heterocycles. The topological polar surface area (TPSA) is 46.6 Å². The zero-order valence-corrected chi connectivity index (χ0v) is 17.1. The second kappa shape index (κ2) is 8.69. The van der Waals surface area contributed by atoms with Crippen LogP contribution >= 0.6 is 0 Å². The molecule has 0 spiro atoms. The maximum absolute atomic E-state index is 12.5. The summed E-state index contributed by atoms with van der Waals surface area (Å²) in [6.45, 7) is 7.28. The van der Waals surface area contributed by atoms with Crippen LogP contribution in [0.4, 0.5) is 0 Å². The Morgan fingerprint density at radius 2 is 1.73 bits per heavy atom. The van der Waals surface area contributed by atoms with E-state index in [0.717, 1.165) is 24.1 Å². The van der Waals surface area contributed by atoms with E-state index in [1.54, 1.807) is 30.3 Å². The molecule has 0 bridgehead atoms. The van der Waals surface area contributed by atoms with Crippen molar-refractivity contribution < 1.29 is 12.6 Å². The van der Waals surface area contributed by atoms with Crippen LogP contribution in [0, 0.1) is 12.8 Å². The Bertz CT molecular complexity index is 813. The second-order valence-electron chi connectivity index (χ2n) is 7.18. The first-order chi connectivity index (χ1) is 12.2. The minimum Gasteiger partial charge on any atom is -0.379 e. The average molecular weight is 376 g/mol. The molecule has 0 saturated carbocycles. The van der Waals surface area contributed by atoms with Crippen LogP contribution in [0.2, 0.25) is 0 Å². The first-order valence-corrected chi connectivity index (χ1v) is 10.4. The van der Waals surface area contributed by atoms with Gasteiger partial charge in [0.05, 0.1) is 0 Å². The summed E-state index contributed by atoms with van der Waals surface area (Å²) < 4.78 is 30.4. The van der Waals surface area contributed by atoms with Crippen LogP contribution in [-0.2, 0) is 10.1 Å². The standard InChI is InChI=1S/C21H29NO3S/c1-6-21(17(3)15-22(4)5)18-8-7-9-19(14-18)25-26(23,24)20-12-10-16(2)11-13-20/h7-14,17,21H,6,15H2,1-5H3. The third-order valence-electron chi connectivity index (χ3n) is 4.58. The van der Waals surface area contributed by atoms with E-state index in [2.05, 4.69) is 32.8 Å². The summed E-state index contributed by atoms with van der Waals surface area (Å²) in [4.78, 5) is 2.34. The van der Waals surface area contributed by atoms with Gasteiger partial charge in [-0.25, -0.2) is 0 Å². The molecule has 0 N–H and O–H groups in total. The smallest absolute Gasteiger partial charge is 0.339 e. The van der Waals surface area contributed by atoms with E-state index in [9.17, 15) is 8.42 Å². The third kappa shape index (κ3) is 5.32. The Balaban J connectivity index is 2.24. The lowest BCUT2D eigenvalue weighted by Gasteiger charge is -2.26. The highest BCUT2D eigenvalue weighted by molar-refractivity contribution is 7.87. The van der Waals surface area contributed by atoms with E-state index in [1.165, 1.54) is 0 Å². The van der Waals surface area contributed by atoms with Crippen LogP contribution in [0.3, 0.4) is 0 Å². The maximum Gasteiger partial charge on any atom is 0.339 e. The van der Waals surface area contributed by atoms with Crippen molar-refractivity contribution in [1.82, 2.24) is 4.90 Å². The van der Waals surface area contributed by atoms with Gasteiger partial charge in [0, 0.05) is 6.54 Å². The van der Waals surface area contributed by atoms with Crippen molar-refractivity contribution in [3.05, 3.63) is 59.7 Å². The minimum atomic E-state index is -3.83. The molecule has 2 rings (SSSR count). The van der Waals surface area contributed by atoms with Crippen molar-refractivity contribution in [3.8, 4) is 5.75 Å². The Morgan fingerprint density at radius 3 is 2.31 bits per heavy atom. The van der Waals surface area contributed by atoms with E-state index in [0.29, 0.717) is 17.6 Å². The molecule has 2 aromatic rings. The van der Waals surface area contributed by atoms with E-state index in [4.69, 9.17) is 4.18 Å². The van der Waals surface area contributed by atoms with Crippen LogP contribution in [0.25, 0.3) is 0 Å². The number of aryl methyl sites for hydroxylation is 1. The lowest BCUT2D eigenvalue weighted by Crippen LogP contribution is -2.24. The van der Waals surface area contributed by atoms with Crippen LogP contribution in [0.15, 0.2) is 53.4 Å². The molecule has 0 aliphatic carbocycles. The fourth-order valence-electron chi connectivity index (χ4n) is 3.35. The van der Waals surface area contributed by atoms with Crippen molar-refractivity contribution in [2.75, 3.05) is 20.6 Å². The molecule has 0 saturated heterocycles. The zero-order chi connectivity index (χ0) is 19.3. The molecule has 2 unspecified atom stereocenters. The highest BCUT2D eigenvalue weighted by Gasteiger charge is 2.21. The summed E-state index contributed by atoms with van der Waals surface area (Å²) in [6.07, 6.45) is 0.989. The molecule has 0 aliphatic rings. The molecule has 0 aromatic heterocycles. The normalized spacial score (nSPS) is 14.2. The number of hydrogen-bond donors (Lipinski definition) is 0. The summed E-state index contributed by atoms with van der Waals surface area (Å²) in [5.74, 6) is 1.17. The number of benzene rings is 2. The van der Waals surface area contributed by atoms with Gasteiger partial charge in [-0.3, -0.25) is 0 Å². The third-order valence-corrected chi connectivity index (χ3v) is 5.84. The van der Waals surface area contributed by atoms with Gasteiger partial charge in [-0.15, -0.1) is 0 Å². The highest BCUT2D eigenvalue weighted by atomic mass is 32.2. The summed E-state index contributed by atoms with van der Waals surface area (Å²) in [5, 5.41) is 0. The Labute approximate surface area is 157 Å². The van der Waals surface area contributed by atoms with Crippen LogP contribution in [0.5, 0.6) is 5.75 Å². The van der Waals surface area contributed by atoms with Gasteiger partial charge in [-0.1, -0.05) is 43.7 Å². The first kappa shape index (κ1) is 20.5. The molecule has 0 radical (unpaired) electrons. The molecule has 2 atom stereocenters. The van der Waals surface area contributed by atoms with Crippen molar-refractivity contribution in [1.29, 1.82) is 0 Å². The van der Waals surface area contributed by atoms with Gasteiger partial charge in [0.1, 0.15) is 10.6 Å². The molecule has 26 heavy (non-hydrogen) atoms. The molecular formula is C21H29NO3S. The predicted molar refractivity (Wildman–Crippen MR) is 106 cm³/mol. The monoisotopic (exact) mass is 375 g/mol. The Morgan fingerprint density at radius 1 is 1.08 bits per heavy atom. The first-order valence-electron chi connectivity index (χ1n) is 8.98. The lowest BCUT2D eigenvalue weighted by atomic mass is 9.85. The van der Waals surface area contributed by atoms with Gasteiger partial charge in [-0.05, 0) is 69.1 Å². The molecule has 4 nitrogen and oxygen atoms in total. The molecular weight excluding hydrogens is 346 g/mol. The number of hydrogen-bond acceptors (Lipinski definition) is 4. The van der Waals surface area contributed by atoms with Gasteiger partial charge in [-0.2, -0.15) is 8.42 Å². The maximum atomic E-state index is 12.5. The average Bonchev–Trinajstić information content (AvgIpc) is 2.55. The molecule has 5 heteroatoms. The van der Waals surface area contributed by atoms with Crippen molar-refractivity contribution in [2.45, 2.75) is 38.0 Å². The van der Waals surface area contributed by atoms with Gasteiger partial charge >= 0.3 is 10.1 Å². The van der Waals surface area contributed by atoms with Gasteiger partial charge < -0.3 is 9.08 Å². The molecule has 142 valence electrons. The fraction of sp³-hybridized carbons (Fsp3) is 0.429. The van der Waals surface area contributed by atoms with Gasteiger partial charge in [0.25, 0.3) is 0 Å². The number of nitrogens with zero attached hydrogens (tertiary/aromatic N) is 1. The van der Waals surface area contributed by atoms with Crippen molar-refractivity contribution in [2.24, 2.45) is 5.92 Å². The molecule has 2 aromatic carbocycles. The van der Waals surface area contributed by atoms with Crippen LogP contribution in [-0.4, -0.2) is 34.0 Å². The summed E-state index contributed by atoms with van der Waals surface area (Å²) >= 11 is 0. The lowest BCUT2D eigenvalue weighted by molar-refractivity contribution is 0.301. The Hall–Kier alpha value is -1.85. The largest absolute Gasteiger partial charge is 0.379 e. The van der Waals surface area contributed by atoms with Crippen LogP contribution < -0.4 is 4.18 Å². The quantitative estimate of drug-likeness (QED) is 0.639. The van der Waals surface area contributed by atoms with Crippen LogP contribution in [0.1, 0.15) is 37.3 Å². The number of rotatable bonds is 8. The Kier molecular flexibility index (Phi) is 6.84. The van der Waals surface area contributed by atoms with Gasteiger partial charge in [0.15, 0.2) is 0 Å². The summed E-state index contributed by atoms with van der Waals surface area (Å²) in [7, 11) is 0.306. The second-order valence-corrected chi connectivity index (χ2v) is 8.72. The molecule has 0 fully saturated rings. The molecule has 0 heterocycles. The highest BCUT2D eigenvalue weighted by Crippen LogP contribution is 2.31. The summed E-state index contributed by atoms with van der Waals surface area (Å²) in [6, 6.07) is 14.1. The predicted octanol–water partition coefficient (Wildman–Crippen LogP) is 4.45. The van der Waals surface area contributed by atoms with Crippen molar-refractivity contribution >= 4 is 10.1 Å². The summed E-state index contributed by atoms with van der Waals surface area (Å²) in [5.41, 5.74) is 2.12.